The molecule has 0 aliphatic rings. The van der Waals surface area contributed by atoms with Crippen LogP contribution in [0.1, 0.15) is 13.8 Å². The van der Waals surface area contributed by atoms with Gasteiger partial charge in [-0.2, -0.15) is 0 Å². The topological polar surface area (TPSA) is 50.7 Å². The van der Waals surface area contributed by atoms with Crippen LogP contribution in [-0.4, -0.2) is 31.5 Å². The van der Waals surface area contributed by atoms with Gasteiger partial charge in [-0.05, 0) is 26.0 Å². The summed E-state index contributed by atoms with van der Waals surface area (Å²) < 4.78 is 10.6. The fourth-order valence-corrected chi connectivity index (χ4v) is 1.37. The lowest BCUT2D eigenvalue weighted by atomic mass is 10.2. The molecule has 0 radical (unpaired) electrons. The maximum Gasteiger partial charge on any atom is 0.163 e. The van der Waals surface area contributed by atoms with Crippen molar-refractivity contribution in [2.75, 3.05) is 25.6 Å². The maximum absolute atomic E-state index is 8.72. The van der Waals surface area contributed by atoms with E-state index in [0.29, 0.717) is 17.5 Å². The van der Waals surface area contributed by atoms with Crippen molar-refractivity contribution >= 4 is 5.69 Å². The van der Waals surface area contributed by atoms with E-state index in [1.54, 1.807) is 7.11 Å². The van der Waals surface area contributed by atoms with Crippen LogP contribution in [0.3, 0.4) is 0 Å². The Labute approximate surface area is 96.2 Å². The molecule has 0 aromatic heterocycles. The van der Waals surface area contributed by atoms with E-state index in [-0.39, 0.29) is 13.2 Å². The van der Waals surface area contributed by atoms with E-state index < -0.39 is 0 Å². The molecule has 2 N–H and O–H groups in total. The summed E-state index contributed by atoms with van der Waals surface area (Å²) in [6.45, 7) is 4.39. The van der Waals surface area contributed by atoms with Gasteiger partial charge in [-0.15, -0.1) is 0 Å². The lowest BCUT2D eigenvalue weighted by molar-refractivity contribution is 0.196. The number of aliphatic hydroxyl groups excluding tert-OH is 1. The summed E-state index contributed by atoms with van der Waals surface area (Å²) in [7, 11) is 1.59. The van der Waals surface area contributed by atoms with Crippen molar-refractivity contribution in [1.29, 1.82) is 0 Å². The molecular formula is C12H19NO3. The zero-order valence-electron chi connectivity index (χ0n) is 9.99. The monoisotopic (exact) mass is 225 g/mol. The van der Waals surface area contributed by atoms with E-state index in [9.17, 15) is 0 Å². The standard InChI is InChI=1S/C12H19NO3/c1-9(2)13-10-4-5-11(15-3)12(8-10)16-7-6-14/h4-5,8-9,13-14H,6-7H2,1-3H3. The summed E-state index contributed by atoms with van der Waals surface area (Å²) in [4.78, 5) is 0. The van der Waals surface area contributed by atoms with Gasteiger partial charge in [0.15, 0.2) is 11.5 Å². The number of anilines is 1. The molecule has 4 heteroatoms. The van der Waals surface area contributed by atoms with Gasteiger partial charge < -0.3 is 19.9 Å². The number of hydrogen-bond acceptors (Lipinski definition) is 4. The third kappa shape index (κ3) is 3.62. The van der Waals surface area contributed by atoms with Crippen LogP contribution in [-0.2, 0) is 0 Å². The van der Waals surface area contributed by atoms with Gasteiger partial charge in [0.1, 0.15) is 6.61 Å². The number of benzene rings is 1. The molecule has 0 atom stereocenters. The maximum atomic E-state index is 8.72. The largest absolute Gasteiger partial charge is 0.493 e. The van der Waals surface area contributed by atoms with Crippen molar-refractivity contribution in [2.45, 2.75) is 19.9 Å². The van der Waals surface area contributed by atoms with Gasteiger partial charge in [0.25, 0.3) is 0 Å². The van der Waals surface area contributed by atoms with Crippen molar-refractivity contribution in [1.82, 2.24) is 0 Å². The Kier molecular flexibility index (Phi) is 4.92. The van der Waals surface area contributed by atoms with Crippen molar-refractivity contribution in [3.8, 4) is 11.5 Å². The molecule has 90 valence electrons. The van der Waals surface area contributed by atoms with Crippen LogP contribution in [0.15, 0.2) is 18.2 Å². The van der Waals surface area contributed by atoms with E-state index in [4.69, 9.17) is 14.6 Å². The van der Waals surface area contributed by atoms with Crippen molar-refractivity contribution in [3.05, 3.63) is 18.2 Å². The lowest BCUT2D eigenvalue weighted by Crippen LogP contribution is -2.10. The minimum absolute atomic E-state index is 0.00894. The van der Waals surface area contributed by atoms with Crippen LogP contribution in [0.25, 0.3) is 0 Å². The number of methoxy groups -OCH3 is 1. The van der Waals surface area contributed by atoms with E-state index in [1.165, 1.54) is 0 Å². The molecule has 0 aliphatic heterocycles. The molecular weight excluding hydrogens is 206 g/mol. The molecule has 1 aromatic carbocycles. The van der Waals surface area contributed by atoms with E-state index in [1.807, 2.05) is 18.2 Å². The van der Waals surface area contributed by atoms with Gasteiger partial charge >= 0.3 is 0 Å². The summed E-state index contributed by atoms with van der Waals surface area (Å²) in [5.41, 5.74) is 0.976. The highest BCUT2D eigenvalue weighted by molar-refractivity contribution is 5.55. The van der Waals surface area contributed by atoms with E-state index in [0.717, 1.165) is 5.69 Å². The van der Waals surface area contributed by atoms with Gasteiger partial charge in [-0.3, -0.25) is 0 Å². The van der Waals surface area contributed by atoms with Crippen LogP contribution in [0.2, 0.25) is 0 Å². The third-order valence-corrected chi connectivity index (χ3v) is 1.97. The second kappa shape index (κ2) is 6.23. The zero-order valence-corrected chi connectivity index (χ0v) is 9.99. The Hall–Kier alpha value is -1.42. The van der Waals surface area contributed by atoms with Crippen LogP contribution in [0.5, 0.6) is 11.5 Å². The highest BCUT2D eigenvalue weighted by Gasteiger charge is 2.06. The molecule has 0 fully saturated rings. The first-order chi connectivity index (χ1) is 7.67. The number of ether oxygens (including phenoxy) is 2. The summed E-state index contributed by atoms with van der Waals surface area (Å²) in [5, 5.41) is 12.0. The molecule has 0 aliphatic carbocycles. The smallest absolute Gasteiger partial charge is 0.163 e. The van der Waals surface area contributed by atoms with Crippen LogP contribution < -0.4 is 14.8 Å². The Morgan fingerprint density at radius 2 is 2.06 bits per heavy atom. The predicted octanol–water partition coefficient (Wildman–Crippen LogP) is 1.89. The number of aliphatic hydroxyl groups is 1. The number of nitrogens with one attached hydrogen (secondary N) is 1. The first-order valence-electron chi connectivity index (χ1n) is 5.35. The molecule has 1 aromatic rings. The molecule has 0 heterocycles. The lowest BCUT2D eigenvalue weighted by Gasteiger charge is -2.14. The minimum Gasteiger partial charge on any atom is -0.493 e. The Morgan fingerprint density at radius 1 is 1.31 bits per heavy atom. The zero-order chi connectivity index (χ0) is 12.0. The van der Waals surface area contributed by atoms with Gasteiger partial charge in [-0.1, -0.05) is 0 Å². The Balaban J connectivity index is 2.83. The van der Waals surface area contributed by atoms with Gasteiger partial charge in [0.05, 0.1) is 13.7 Å². The molecule has 0 saturated carbocycles. The highest BCUT2D eigenvalue weighted by Crippen LogP contribution is 2.30. The average molecular weight is 225 g/mol. The van der Waals surface area contributed by atoms with E-state index in [2.05, 4.69) is 19.2 Å². The molecule has 1 rings (SSSR count). The number of hydrogen-bond donors (Lipinski definition) is 2. The minimum atomic E-state index is -0.00894. The number of rotatable bonds is 6. The molecule has 0 spiro atoms. The van der Waals surface area contributed by atoms with Crippen molar-refractivity contribution < 1.29 is 14.6 Å². The van der Waals surface area contributed by atoms with E-state index >= 15 is 0 Å². The Morgan fingerprint density at radius 3 is 2.62 bits per heavy atom. The molecule has 0 amide bonds. The molecule has 4 nitrogen and oxygen atoms in total. The third-order valence-electron chi connectivity index (χ3n) is 1.97. The first kappa shape index (κ1) is 12.6. The fourth-order valence-electron chi connectivity index (χ4n) is 1.37. The predicted molar refractivity (Wildman–Crippen MR) is 64.3 cm³/mol. The molecule has 0 bridgehead atoms. The summed E-state index contributed by atoms with van der Waals surface area (Å²) in [5.74, 6) is 1.31. The molecule has 0 unspecified atom stereocenters. The SMILES string of the molecule is COc1ccc(NC(C)C)cc1OCCO. The highest BCUT2D eigenvalue weighted by atomic mass is 16.5. The first-order valence-corrected chi connectivity index (χ1v) is 5.35. The van der Waals surface area contributed by atoms with Crippen LogP contribution >= 0.6 is 0 Å². The summed E-state index contributed by atoms with van der Waals surface area (Å²) in [6.07, 6.45) is 0. The normalized spacial score (nSPS) is 10.3. The van der Waals surface area contributed by atoms with Crippen molar-refractivity contribution in [2.24, 2.45) is 0 Å². The second-order valence-electron chi connectivity index (χ2n) is 3.74. The van der Waals surface area contributed by atoms with Crippen molar-refractivity contribution in [3.63, 3.8) is 0 Å². The summed E-state index contributed by atoms with van der Waals surface area (Å²) in [6, 6.07) is 6.01. The van der Waals surface area contributed by atoms with Gasteiger partial charge in [0.2, 0.25) is 0 Å². The van der Waals surface area contributed by atoms with Gasteiger partial charge in [0, 0.05) is 17.8 Å². The second-order valence-corrected chi connectivity index (χ2v) is 3.74. The summed E-state index contributed by atoms with van der Waals surface area (Å²) >= 11 is 0. The Bertz CT molecular complexity index is 326. The quantitative estimate of drug-likeness (QED) is 0.776. The van der Waals surface area contributed by atoms with Crippen LogP contribution in [0.4, 0.5) is 5.69 Å². The average Bonchev–Trinajstić information content (AvgIpc) is 2.25. The molecule has 16 heavy (non-hydrogen) atoms. The van der Waals surface area contributed by atoms with Crippen LogP contribution in [0, 0.1) is 0 Å². The van der Waals surface area contributed by atoms with Gasteiger partial charge in [-0.25, -0.2) is 0 Å². The fraction of sp³-hybridized carbons (Fsp3) is 0.500. The molecule has 0 saturated heterocycles.